The molecule has 2 aromatic rings. The van der Waals surface area contributed by atoms with Gasteiger partial charge in [-0.3, -0.25) is 0 Å². The van der Waals surface area contributed by atoms with Gasteiger partial charge in [-0.25, -0.2) is 4.79 Å². The summed E-state index contributed by atoms with van der Waals surface area (Å²) >= 11 is 3.35. The Hall–Kier alpha value is -1.65. The van der Waals surface area contributed by atoms with Crippen LogP contribution in [0.1, 0.15) is 17.2 Å². The second-order valence-electron chi connectivity index (χ2n) is 4.12. The van der Waals surface area contributed by atoms with Crippen LogP contribution in [0, 0.1) is 0 Å². The number of ether oxygens (including phenoxy) is 1. The molecule has 0 saturated carbocycles. The fourth-order valence-electron chi connectivity index (χ4n) is 1.62. The van der Waals surface area contributed by atoms with Crippen LogP contribution in [0.4, 0.5) is 0 Å². The minimum absolute atomic E-state index is 0.229. The van der Waals surface area contributed by atoms with Crippen LogP contribution >= 0.6 is 15.9 Å². The molecule has 0 aliphatic carbocycles. The van der Waals surface area contributed by atoms with Gasteiger partial charge in [0.1, 0.15) is 12.6 Å². The molecule has 3 nitrogen and oxygen atoms in total. The fraction of sp³-hybridized carbons (Fsp3) is 0.133. The van der Waals surface area contributed by atoms with Crippen LogP contribution in [-0.2, 0) is 16.1 Å². The number of carbonyl (C=O) groups excluding carboxylic acids is 1. The Bertz CT molecular complexity index is 540. The molecule has 0 spiro atoms. The molecule has 0 aliphatic heterocycles. The highest BCUT2D eigenvalue weighted by molar-refractivity contribution is 9.10. The molecule has 98 valence electrons. The second kappa shape index (κ2) is 6.50. The lowest BCUT2D eigenvalue weighted by Crippen LogP contribution is -2.23. The predicted octanol–water partition coefficient (Wildman–Crippen LogP) is 3.19. The van der Waals surface area contributed by atoms with Crippen molar-refractivity contribution in [1.82, 2.24) is 0 Å². The summed E-state index contributed by atoms with van der Waals surface area (Å²) < 4.78 is 6.19. The van der Waals surface area contributed by atoms with Gasteiger partial charge < -0.3 is 10.5 Å². The third-order valence-electron chi connectivity index (χ3n) is 2.71. The lowest BCUT2D eigenvalue weighted by atomic mass is 10.1. The van der Waals surface area contributed by atoms with Crippen molar-refractivity contribution in [3.05, 3.63) is 70.2 Å². The quantitative estimate of drug-likeness (QED) is 0.880. The van der Waals surface area contributed by atoms with Crippen molar-refractivity contribution in [1.29, 1.82) is 0 Å². The number of benzene rings is 2. The van der Waals surface area contributed by atoms with Crippen molar-refractivity contribution in [3.8, 4) is 0 Å². The minimum atomic E-state index is -0.739. The largest absolute Gasteiger partial charge is 0.459 e. The Labute approximate surface area is 120 Å². The SMILES string of the molecule is N[C@H](C(=O)OCc1ccc(Br)cc1)c1ccccc1. The zero-order valence-electron chi connectivity index (χ0n) is 10.3. The van der Waals surface area contributed by atoms with Crippen LogP contribution < -0.4 is 5.73 Å². The second-order valence-corrected chi connectivity index (χ2v) is 5.04. The molecule has 2 aromatic carbocycles. The van der Waals surface area contributed by atoms with Crippen molar-refractivity contribution in [3.63, 3.8) is 0 Å². The van der Waals surface area contributed by atoms with E-state index in [4.69, 9.17) is 10.5 Å². The molecular formula is C15H14BrNO2. The lowest BCUT2D eigenvalue weighted by molar-refractivity contribution is -0.146. The summed E-state index contributed by atoms with van der Waals surface area (Å²) in [5, 5.41) is 0. The molecule has 0 radical (unpaired) electrons. The predicted molar refractivity (Wildman–Crippen MR) is 77.3 cm³/mol. The molecular weight excluding hydrogens is 306 g/mol. The van der Waals surface area contributed by atoms with E-state index in [0.29, 0.717) is 0 Å². The van der Waals surface area contributed by atoms with E-state index in [0.717, 1.165) is 15.6 Å². The van der Waals surface area contributed by atoms with E-state index >= 15 is 0 Å². The molecule has 0 aliphatic rings. The van der Waals surface area contributed by atoms with Crippen LogP contribution in [0.25, 0.3) is 0 Å². The normalized spacial score (nSPS) is 11.9. The highest BCUT2D eigenvalue weighted by Crippen LogP contribution is 2.14. The van der Waals surface area contributed by atoms with E-state index in [1.807, 2.05) is 54.6 Å². The summed E-state index contributed by atoms with van der Waals surface area (Å²) in [5.41, 5.74) is 7.53. The Morgan fingerprint density at radius 3 is 2.37 bits per heavy atom. The molecule has 0 aromatic heterocycles. The van der Waals surface area contributed by atoms with Gasteiger partial charge in [0.25, 0.3) is 0 Å². The third kappa shape index (κ3) is 3.91. The highest BCUT2D eigenvalue weighted by Gasteiger charge is 2.16. The molecule has 19 heavy (non-hydrogen) atoms. The first kappa shape index (κ1) is 13.8. The molecule has 0 fully saturated rings. The van der Waals surface area contributed by atoms with Crippen molar-refractivity contribution in [2.24, 2.45) is 5.73 Å². The van der Waals surface area contributed by atoms with Gasteiger partial charge in [-0.1, -0.05) is 58.4 Å². The Balaban J connectivity index is 1.93. The van der Waals surface area contributed by atoms with Gasteiger partial charge in [0.2, 0.25) is 0 Å². The van der Waals surface area contributed by atoms with Gasteiger partial charge in [-0.2, -0.15) is 0 Å². The van der Waals surface area contributed by atoms with Crippen LogP contribution in [0.3, 0.4) is 0 Å². The van der Waals surface area contributed by atoms with Gasteiger partial charge in [-0.15, -0.1) is 0 Å². The van der Waals surface area contributed by atoms with E-state index in [2.05, 4.69) is 15.9 Å². The van der Waals surface area contributed by atoms with E-state index in [9.17, 15) is 4.79 Å². The van der Waals surface area contributed by atoms with E-state index in [1.165, 1.54) is 0 Å². The van der Waals surface area contributed by atoms with Crippen molar-refractivity contribution in [2.75, 3.05) is 0 Å². The monoisotopic (exact) mass is 319 g/mol. The zero-order valence-corrected chi connectivity index (χ0v) is 11.8. The average Bonchev–Trinajstić information content (AvgIpc) is 2.46. The van der Waals surface area contributed by atoms with Gasteiger partial charge in [0.15, 0.2) is 0 Å². The fourth-order valence-corrected chi connectivity index (χ4v) is 1.89. The first-order valence-electron chi connectivity index (χ1n) is 5.88. The van der Waals surface area contributed by atoms with Gasteiger partial charge in [-0.05, 0) is 23.3 Å². The maximum absolute atomic E-state index is 11.8. The van der Waals surface area contributed by atoms with Gasteiger partial charge in [0.05, 0.1) is 0 Å². The number of hydrogen-bond acceptors (Lipinski definition) is 3. The van der Waals surface area contributed by atoms with Crippen LogP contribution in [-0.4, -0.2) is 5.97 Å². The van der Waals surface area contributed by atoms with Gasteiger partial charge >= 0.3 is 5.97 Å². The number of nitrogens with two attached hydrogens (primary N) is 1. The maximum atomic E-state index is 11.8. The van der Waals surface area contributed by atoms with Crippen LogP contribution in [0.5, 0.6) is 0 Å². The van der Waals surface area contributed by atoms with Crippen LogP contribution in [0.2, 0.25) is 0 Å². The standard InChI is InChI=1S/C15H14BrNO2/c16-13-8-6-11(7-9-13)10-19-15(18)14(17)12-4-2-1-3-5-12/h1-9,14H,10,17H2/t14-/m0/s1. The Morgan fingerprint density at radius 1 is 1.11 bits per heavy atom. The first-order chi connectivity index (χ1) is 9.16. The third-order valence-corrected chi connectivity index (χ3v) is 3.24. The summed E-state index contributed by atoms with van der Waals surface area (Å²) in [7, 11) is 0. The van der Waals surface area contributed by atoms with Crippen LogP contribution in [0.15, 0.2) is 59.1 Å². The Morgan fingerprint density at radius 2 is 1.74 bits per heavy atom. The maximum Gasteiger partial charge on any atom is 0.327 e. The number of carbonyl (C=O) groups is 1. The molecule has 0 heterocycles. The topological polar surface area (TPSA) is 52.3 Å². The number of esters is 1. The lowest BCUT2D eigenvalue weighted by Gasteiger charge is -2.11. The van der Waals surface area contributed by atoms with Gasteiger partial charge in [0, 0.05) is 4.47 Å². The molecule has 1 atom stereocenters. The summed E-state index contributed by atoms with van der Waals surface area (Å²) in [6.07, 6.45) is 0. The highest BCUT2D eigenvalue weighted by atomic mass is 79.9. The molecule has 0 saturated heterocycles. The van der Waals surface area contributed by atoms with E-state index < -0.39 is 12.0 Å². The first-order valence-corrected chi connectivity index (χ1v) is 6.68. The van der Waals surface area contributed by atoms with E-state index in [-0.39, 0.29) is 6.61 Å². The number of rotatable bonds is 4. The van der Waals surface area contributed by atoms with Crippen molar-refractivity contribution >= 4 is 21.9 Å². The van der Waals surface area contributed by atoms with Crippen molar-refractivity contribution in [2.45, 2.75) is 12.6 Å². The molecule has 0 amide bonds. The summed E-state index contributed by atoms with van der Waals surface area (Å²) in [5.74, 6) is -0.422. The summed E-state index contributed by atoms with van der Waals surface area (Å²) in [6.45, 7) is 0.229. The molecule has 4 heteroatoms. The number of halogens is 1. The zero-order chi connectivity index (χ0) is 13.7. The summed E-state index contributed by atoms with van der Waals surface area (Å²) in [6, 6.07) is 16.0. The molecule has 2 N–H and O–H groups in total. The summed E-state index contributed by atoms with van der Waals surface area (Å²) in [4.78, 5) is 11.8. The molecule has 0 unspecified atom stereocenters. The minimum Gasteiger partial charge on any atom is -0.459 e. The average molecular weight is 320 g/mol. The molecule has 2 rings (SSSR count). The van der Waals surface area contributed by atoms with Crippen molar-refractivity contribution < 1.29 is 9.53 Å². The van der Waals surface area contributed by atoms with E-state index in [1.54, 1.807) is 0 Å². The smallest absolute Gasteiger partial charge is 0.327 e. The Kier molecular flexibility index (Phi) is 4.71. The number of hydrogen-bond donors (Lipinski definition) is 1. The molecule has 0 bridgehead atoms.